The lowest BCUT2D eigenvalue weighted by Gasteiger charge is -2.45. The van der Waals surface area contributed by atoms with Crippen LogP contribution in [-0.4, -0.2) is 81.2 Å². The van der Waals surface area contributed by atoms with Gasteiger partial charge in [0.15, 0.2) is 0 Å². The molecule has 2 aliphatic heterocycles. The molecule has 0 radical (unpaired) electrons. The highest BCUT2D eigenvalue weighted by molar-refractivity contribution is 8.18. The number of halogens is 4. The van der Waals surface area contributed by atoms with Crippen molar-refractivity contribution in [2.75, 3.05) is 23.7 Å². The number of nitrogens with zero attached hydrogens (tertiary/aromatic N) is 6. The summed E-state index contributed by atoms with van der Waals surface area (Å²) in [5.41, 5.74) is -0.707. The Bertz CT molecular complexity index is 2140. The molecule has 1 saturated heterocycles. The molecule has 1 unspecified atom stereocenters. The molecule has 0 N–H and O–H groups in total. The van der Waals surface area contributed by atoms with Gasteiger partial charge in [-0.1, -0.05) is 53.1 Å². The number of ether oxygens (including phenoxy) is 2. The Morgan fingerprint density at radius 2 is 1.56 bits per heavy atom. The summed E-state index contributed by atoms with van der Waals surface area (Å²) >= 11 is 8.88. The zero-order chi connectivity index (χ0) is 41.9. The van der Waals surface area contributed by atoms with Crippen molar-refractivity contribution in [2.45, 2.75) is 138 Å². The molecule has 0 spiro atoms. The normalized spacial score (nSPS) is 21.4. The van der Waals surface area contributed by atoms with Gasteiger partial charge in [0.1, 0.15) is 25.6 Å². The predicted octanol–water partition coefficient (Wildman–Crippen LogP) is 9.52. The molecule has 3 aromatic heterocycles. The minimum Gasteiger partial charge on any atom is -0.457 e. The van der Waals surface area contributed by atoms with Crippen molar-refractivity contribution in [3.8, 4) is 6.01 Å². The fourth-order valence-corrected chi connectivity index (χ4v) is 23.6. The van der Waals surface area contributed by atoms with Gasteiger partial charge in [-0.15, -0.1) is 11.3 Å². The van der Waals surface area contributed by atoms with Crippen molar-refractivity contribution in [3.63, 3.8) is 0 Å². The Morgan fingerprint density at radius 3 is 2.11 bits per heavy atom. The van der Waals surface area contributed by atoms with Crippen LogP contribution in [0.1, 0.15) is 81.7 Å². The van der Waals surface area contributed by atoms with Gasteiger partial charge in [-0.25, -0.2) is 19.6 Å². The van der Waals surface area contributed by atoms with Gasteiger partial charge in [0, 0.05) is 50.2 Å². The van der Waals surface area contributed by atoms with Gasteiger partial charge < -0.3 is 14.4 Å². The number of thiol groups is 1. The van der Waals surface area contributed by atoms with Gasteiger partial charge in [0.2, 0.25) is 0 Å². The summed E-state index contributed by atoms with van der Waals surface area (Å²) in [6.45, 7) is 23.1. The average Bonchev–Trinajstić information content (AvgIpc) is 3.38. The van der Waals surface area contributed by atoms with Crippen LogP contribution < -0.4 is 19.8 Å². The lowest BCUT2D eigenvalue weighted by molar-refractivity contribution is -0.137. The Labute approximate surface area is 345 Å². The maximum absolute atomic E-state index is 15.1. The number of benzene rings is 1. The first kappa shape index (κ1) is 43.2. The fourth-order valence-electron chi connectivity index (χ4n) is 9.24. The van der Waals surface area contributed by atoms with E-state index in [4.69, 9.17) is 21.1 Å². The van der Waals surface area contributed by atoms with E-state index in [1.165, 1.54) is 10.6 Å². The van der Waals surface area contributed by atoms with E-state index in [1.54, 1.807) is 55.5 Å². The number of rotatable bonds is 8. The first-order chi connectivity index (χ1) is 26.5. The molecule has 4 atom stereocenters. The first-order valence-electron chi connectivity index (χ1n) is 19.5. The summed E-state index contributed by atoms with van der Waals surface area (Å²) in [4.78, 5) is 44.5. The quantitative estimate of drug-likeness (QED) is 0.138. The van der Waals surface area contributed by atoms with Crippen molar-refractivity contribution >= 4 is 69.2 Å². The summed E-state index contributed by atoms with van der Waals surface area (Å²) < 4.78 is 60.8. The number of amides is 1. The second-order valence-corrected chi connectivity index (χ2v) is 27.4. The molecule has 0 aliphatic carbocycles. The number of carbonyl (C=O) groups is 1. The van der Waals surface area contributed by atoms with Crippen molar-refractivity contribution in [1.29, 1.82) is 0 Å². The van der Waals surface area contributed by atoms with E-state index < -0.39 is 66.3 Å². The van der Waals surface area contributed by atoms with Crippen LogP contribution in [0.5, 0.6) is 6.01 Å². The van der Waals surface area contributed by atoms with Gasteiger partial charge in [0.05, 0.1) is 34.7 Å². The Kier molecular flexibility index (Phi) is 12.2. The zero-order valence-electron chi connectivity index (χ0n) is 34.4. The van der Waals surface area contributed by atoms with Gasteiger partial charge >= 0.3 is 24.0 Å². The second-order valence-electron chi connectivity index (χ2n) is 17.2. The zero-order valence-corrected chi connectivity index (χ0v) is 37.9. The molecule has 1 aromatic carbocycles. The SMILES string of the molecule is CC(C)[Si](c1sc([SH]2C[C@@H](Oc3ncccn3)Cn3c(=O)nc(N4C[C@@H](C)N(C(=O)OC(C)(C)C)[C@@H](C)C4)c4cc(C(F)(F)F)cc2c43)cc1Cl)(C(C)C)C(C)C. The van der Waals surface area contributed by atoms with Gasteiger partial charge in [0.25, 0.3) is 0 Å². The molecule has 4 aromatic rings. The molecular formula is C40H54ClF3N6O4S2Si. The monoisotopic (exact) mass is 866 g/mol. The highest BCUT2D eigenvalue weighted by Crippen LogP contribution is 2.55. The number of hydrogen-bond acceptors (Lipinski definition) is 9. The second kappa shape index (κ2) is 16.0. The van der Waals surface area contributed by atoms with Crippen LogP contribution in [0.15, 0.2) is 50.6 Å². The summed E-state index contributed by atoms with van der Waals surface area (Å²) in [6, 6.07) is 5.26. The smallest absolute Gasteiger partial charge is 0.416 e. The molecule has 312 valence electrons. The van der Waals surface area contributed by atoms with Gasteiger partial charge in [-0.2, -0.15) is 29.1 Å². The van der Waals surface area contributed by atoms with Crippen LogP contribution in [0.25, 0.3) is 10.9 Å². The highest BCUT2D eigenvalue weighted by atomic mass is 35.5. The molecule has 0 bridgehead atoms. The highest BCUT2D eigenvalue weighted by Gasteiger charge is 2.48. The van der Waals surface area contributed by atoms with Crippen molar-refractivity contribution < 1.29 is 27.4 Å². The van der Waals surface area contributed by atoms with E-state index in [9.17, 15) is 9.59 Å². The van der Waals surface area contributed by atoms with Crippen LogP contribution >= 0.6 is 33.8 Å². The molecule has 5 heterocycles. The van der Waals surface area contributed by atoms with E-state index >= 15 is 13.2 Å². The van der Waals surface area contributed by atoms with Gasteiger partial charge in [-0.3, -0.25) is 9.47 Å². The Hall–Kier alpha value is -3.34. The number of hydrogen-bond donors (Lipinski definition) is 1. The maximum Gasteiger partial charge on any atom is 0.416 e. The molecule has 57 heavy (non-hydrogen) atoms. The molecular weight excluding hydrogens is 813 g/mol. The third kappa shape index (κ3) is 8.29. The molecule has 1 fully saturated rings. The third-order valence-corrected chi connectivity index (χ3v) is 24.0. The van der Waals surface area contributed by atoms with Gasteiger partial charge in [-0.05, 0) is 75.5 Å². The predicted molar refractivity (Wildman–Crippen MR) is 227 cm³/mol. The Balaban J connectivity index is 1.58. The lowest BCUT2D eigenvalue weighted by atomic mass is 10.1. The number of thiophene rings is 1. The standard InChI is InChI=1S/C40H54ClF3N6O4S2Si/c1-22(2)57(23(3)4,24(5)6)35-30(41)17-32(55-35)56-21-28(53-36-45-13-12-14-46-36)20-49-33-29(15-27(16-31(33)56)40(42,43)44)34(47-37(49)51)48-18-25(7)50(26(8)19-48)38(52)54-39(9,10)11/h12-17,22-26,28,56H,18-21H2,1-11H3/t25-,26+,28-/m0/s1. The minimum absolute atomic E-state index is 0.0198. The number of piperazine rings is 1. The molecule has 2 aliphatic rings. The van der Waals surface area contributed by atoms with Crippen molar-refractivity contribution in [1.82, 2.24) is 24.4 Å². The lowest BCUT2D eigenvalue weighted by Crippen LogP contribution is -2.59. The first-order valence-corrected chi connectivity index (χ1v) is 24.4. The summed E-state index contributed by atoms with van der Waals surface area (Å²) in [7, 11) is -3.87. The Morgan fingerprint density at radius 1 is 0.965 bits per heavy atom. The average molecular weight is 868 g/mol. The molecule has 6 rings (SSSR count). The topological polar surface area (TPSA) is 103 Å². The number of carbonyl (C=O) groups excluding carboxylic acids is 1. The van der Waals surface area contributed by atoms with Crippen LogP contribution in [0.2, 0.25) is 21.6 Å². The van der Waals surface area contributed by atoms with Crippen LogP contribution in [-0.2, 0) is 17.5 Å². The van der Waals surface area contributed by atoms with E-state index in [-0.39, 0.29) is 36.8 Å². The minimum atomic E-state index is -4.70. The fraction of sp³-hybridized carbons (Fsp3) is 0.575. The molecule has 1 amide bonds. The molecule has 17 heteroatoms. The van der Waals surface area contributed by atoms with E-state index in [0.29, 0.717) is 37.8 Å². The third-order valence-electron chi connectivity index (χ3n) is 11.3. The summed E-state index contributed by atoms with van der Waals surface area (Å²) in [6.07, 6.45) is -2.76. The largest absolute Gasteiger partial charge is 0.457 e. The summed E-state index contributed by atoms with van der Waals surface area (Å²) in [5, 5.41) is 0.863. The molecule has 10 nitrogen and oxygen atoms in total. The van der Waals surface area contributed by atoms with Crippen LogP contribution in [0.3, 0.4) is 0 Å². The van der Waals surface area contributed by atoms with E-state index in [1.807, 2.05) is 24.8 Å². The number of alkyl halides is 3. The van der Waals surface area contributed by atoms with E-state index in [2.05, 4.69) is 56.5 Å². The van der Waals surface area contributed by atoms with Crippen LogP contribution in [0, 0.1) is 0 Å². The van der Waals surface area contributed by atoms with Crippen molar-refractivity contribution in [3.05, 3.63) is 57.7 Å². The number of aromatic nitrogens is 4. The van der Waals surface area contributed by atoms with Crippen LogP contribution in [0.4, 0.5) is 23.8 Å². The number of anilines is 1. The molecule has 0 saturated carbocycles. The summed E-state index contributed by atoms with van der Waals surface area (Å²) in [5.74, 6) is 0.441. The maximum atomic E-state index is 15.1. The van der Waals surface area contributed by atoms with E-state index in [0.717, 1.165) is 14.8 Å². The van der Waals surface area contributed by atoms with Crippen molar-refractivity contribution in [2.24, 2.45) is 0 Å².